The van der Waals surface area contributed by atoms with Crippen molar-refractivity contribution in [3.8, 4) is 0 Å². The lowest BCUT2D eigenvalue weighted by molar-refractivity contribution is -0.115. The minimum atomic E-state index is -3.81. The van der Waals surface area contributed by atoms with E-state index in [0.29, 0.717) is 0 Å². The first-order valence-electron chi connectivity index (χ1n) is 6.18. The summed E-state index contributed by atoms with van der Waals surface area (Å²) in [5.41, 5.74) is 0.0304. The zero-order valence-corrected chi connectivity index (χ0v) is 12.0. The molecule has 0 bridgehead atoms. The van der Waals surface area contributed by atoms with Crippen molar-refractivity contribution in [2.24, 2.45) is 0 Å². The largest absolute Gasteiger partial charge is 0.325 e. The van der Waals surface area contributed by atoms with Gasteiger partial charge < -0.3 is 5.32 Å². The van der Waals surface area contributed by atoms with E-state index < -0.39 is 34.1 Å². The first-order chi connectivity index (χ1) is 10.4. The molecule has 0 unspecified atom stereocenters. The van der Waals surface area contributed by atoms with Gasteiger partial charge in [-0.3, -0.25) is 4.79 Å². The summed E-state index contributed by atoms with van der Waals surface area (Å²) < 4.78 is 51.6. The van der Waals surface area contributed by atoms with E-state index in [1.54, 1.807) is 18.2 Å². The highest BCUT2D eigenvalue weighted by Gasteiger charge is 2.15. The van der Waals surface area contributed by atoms with Gasteiger partial charge in [0, 0.05) is 11.8 Å². The Morgan fingerprint density at radius 2 is 1.68 bits per heavy atom. The van der Waals surface area contributed by atoms with Crippen LogP contribution in [-0.2, 0) is 14.8 Å². The number of nitrogens with one attached hydrogen (secondary N) is 2. The molecule has 2 N–H and O–H groups in total. The second kappa shape index (κ2) is 6.63. The van der Waals surface area contributed by atoms with Crippen LogP contribution in [0.5, 0.6) is 0 Å². The molecule has 5 nitrogen and oxygen atoms in total. The predicted molar refractivity (Wildman–Crippen MR) is 76.6 cm³/mol. The highest BCUT2D eigenvalue weighted by atomic mass is 32.2. The number of hydrogen-bond donors (Lipinski definition) is 2. The summed E-state index contributed by atoms with van der Waals surface area (Å²) in [6, 6.07) is 10.4. The average Bonchev–Trinajstić information content (AvgIpc) is 2.50. The third-order valence-corrected chi connectivity index (χ3v) is 4.10. The molecule has 0 aliphatic heterocycles. The molecule has 2 aromatic carbocycles. The lowest BCUT2D eigenvalue weighted by atomic mass is 10.3. The molecule has 0 saturated heterocycles. The van der Waals surface area contributed by atoms with Gasteiger partial charge >= 0.3 is 0 Å². The number of anilines is 1. The molecule has 0 radical (unpaired) electrons. The van der Waals surface area contributed by atoms with Gasteiger partial charge in [0.05, 0.1) is 11.4 Å². The van der Waals surface area contributed by atoms with Crippen LogP contribution < -0.4 is 10.0 Å². The van der Waals surface area contributed by atoms with Crippen molar-refractivity contribution in [1.29, 1.82) is 0 Å². The number of benzene rings is 2. The molecule has 0 heterocycles. The molecule has 2 aromatic rings. The molecular weight excluding hydrogens is 314 g/mol. The molecule has 0 atom stereocenters. The van der Waals surface area contributed by atoms with E-state index in [1.165, 1.54) is 18.2 Å². The zero-order chi connectivity index (χ0) is 16.2. The maximum atomic E-state index is 13.0. The van der Waals surface area contributed by atoms with Gasteiger partial charge in [-0.1, -0.05) is 18.2 Å². The fourth-order valence-corrected chi connectivity index (χ4v) is 2.63. The second-order valence-electron chi connectivity index (χ2n) is 4.31. The number of carbonyl (C=O) groups is 1. The minimum absolute atomic E-state index is 0.0237. The topological polar surface area (TPSA) is 75.3 Å². The highest BCUT2D eigenvalue weighted by Crippen LogP contribution is 2.13. The fraction of sp³-hybridized carbons (Fsp3) is 0.0714. The summed E-state index contributed by atoms with van der Waals surface area (Å²) in [5.74, 6) is -2.85. The molecule has 8 heteroatoms. The van der Waals surface area contributed by atoms with Gasteiger partial charge in [0.25, 0.3) is 0 Å². The molecule has 0 spiro atoms. The van der Waals surface area contributed by atoms with E-state index in [1.807, 2.05) is 0 Å². The molecular formula is C14H12F2N2O3S. The van der Waals surface area contributed by atoms with Crippen molar-refractivity contribution >= 4 is 21.6 Å². The smallest absolute Gasteiger partial charge is 0.241 e. The summed E-state index contributed by atoms with van der Waals surface area (Å²) in [5, 5.41) is 2.26. The van der Waals surface area contributed by atoms with E-state index in [-0.39, 0.29) is 10.6 Å². The number of sulfonamides is 1. The quantitative estimate of drug-likeness (QED) is 0.881. The number of carbonyl (C=O) groups excluding carboxylic acids is 1. The maximum absolute atomic E-state index is 13.0. The summed E-state index contributed by atoms with van der Waals surface area (Å²) in [4.78, 5) is 11.7. The number of rotatable bonds is 5. The zero-order valence-electron chi connectivity index (χ0n) is 11.2. The van der Waals surface area contributed by atoms with Gasteiger partial charge in [-0.15, -0.1) is 0 Å². The summed E-state index contributed by atoms with van der Waals surface area (Å²) in [6.07, 6.45) is 0. The van der Waals surface area contributed by atoms with Crippen molar-refractivity contribution < 1.29 is 22.0 Å². The molecule has 0 aliphatic carbocycles. The second-order valence-corrected chi connectivity index (χ2v) is 6.08. The maximum Gasteiger partial charge on any atom is 0.241 e. The lowest BCUT2D eigenvalue weighted by Crippen LogP contribution is -2.32. The van der Waals surface area contributed by atoms with E-state index in [2.05, 4.69) is 10.0 Å². The van der Waals surface area contributed by atoms with Gasteiger partial charge in [0.15, 0.2) is 11.6 Å². The standard InChI is InChI=1S/C14H12F2N2O3S/c15-12-7-6-10(8-13(12)16)18-14(19)9-17-22(20,21)11-4-2-1-3-5-11/h1-8,17H,9H2,(H,18,19). The van der Waals surface area contributed by atoms with Crippen LogP contribution in [0.2, 0.25) is 0 Å². The summed E-state index contributed by atoms with van der Waals surface area (Å²) >= 11 is 0. The fourth-order valence-electron chi connectivity index (χ4n) is 1.62. The predicted octanol–water partition coefficient (Wildman–Crippen LogP) is 1.88. The van der Waals surface area contributed by atoms with Crippen molar-refractivity contribution in [3.63, 3.8) is 0 Å². The van der Waals surface area contributed by atoms with Crippen LogP contribution in [0.3, 0.4) is 0 Å². The van der Waals surface area contributed by atoms with E-state index in [4.69, 9.17) is 0 Å². The molecule has 1 amide bonds. The number of halogens is 2. The summed E-state index contributed by atoms with van der Waals surface area (Å²) in [7, 11) is -3.81. The van der Waals surface area contributed by atoms with Gasteiger partial charge in [0.2, 0.25) is 15.9 Å². The Labute approximate surface area is 126 Å². The summed E-state index contributed by atoms with van der Waals surface area (Å²) in [6.45, 7) is -0.532. The van der Waals surface area contributed by atoms with Crippen molar-refractivity contribution in [2.45, 2.75) is 4.90 Å². The first kappa shape index (κ1) is 16.1. The Morgan fingerprint density at radius 1 is 1.00 bits per heavy atom. The first-order valence-corrected chi connectivity index (χ1v) is 7.66. The Balaban J connectivity index is 1.97. The van der Waals surface area contributed by atoms with Crippen LogP contribution in [0, 0.1) is 11.6 Å². The molecule has 0 fully saturated rings. The van der Waals surface area contributed by atoms with Crippen molar-refractivity contribution in [1.82, 2.24) is 4.72 Å². The molecule has 2 rings (SSSR count). The van der Waals surface area contributed by atoms with Crippen LogP contribution in [0.4, 0.5) is 14.5 Å². The third kappa shape index (κ3) is 4.09. The third-order valence-electron chi connectivity index (χ3n) is 2.68. The van der Waals surface area contributed by atoms with Crippen LogP contribution in [0.15, 0.2) is 53.4 Å². The van der Waals surface area contributed by atoms with Gasteiger partial charge in [0.1, 0.15) is 0 Å². The Hall–Kier alpha value is -2.32. The molecule has 116 valence electrons. The van der Waals surface area contributed by atoms with Crippen molar-refractivity contribution in [2.75, 3.05) is 11.9 Å². The SMILES string of the molecule is O=C(CNS(=O)(=O)c1ccccc1)Nc1ccc(F)c(F)c1. The van der Waals surface area contributed by atoms with Gasteiger partial charge in [-0.25, -0.2) is 21.9 Å². The van der Waals surface area contributed by atoms with E-state index in [0.717, 1.165) is 12.1 Å². The highest BCUT2D eigenvalue weighted by molar-refractivity contribution is 7.89. The molecule has 0 aliphatic rings. The van der Waals surface area contributed by atoms with Gasteiger partial charge in [-0.2, -0.15) is 0 Å². The van der Waals surface area contributed by atoms with Crippen LogP contribution in [-0.4, -0.2) is 20.9 Å². The van der Waals surface area contributed by atoms with E-state index >= 15 is 0 Å². The monoisotopic (exact) mass is 326 g/mol. The molecule has 0 aromatic heterocycles. The lowest BCUT2D eigenvalue weighted by Gasteiger charge is -2.08. The van der Waals surface area contributed by atoms with Crippen molar-refractivity contribution in [3.05, 3.63) is 60.2 Å². The average molecular weight is 326 g/mol. The number of hydrogen-bond acceptors (Lipinski definition) is 3. The Bertz CT molecular complexity index is 780. The minimum Gasteiger partial charge on any atom is -0.325 e. The van der Waals surface area contributed by atoms with Crippen LogP contribution in [0.25, 0.3) is 0 Å². The number of amides is 1. The molecule has 0 saturated carbocycles. The van der Waals surface area contributed by atoms with Crippen LogP contribution >= 0.6 is 0 Å². The Morgan fingerprint density at radius 3 is 2.32 bits per heavy atom. The Kier molecular flexibility index (Phi) is 4.84. The van der Waals surface area contributed by atoms with Crippen LogP contribution in [0.1, 0.15) is 0 Å². The molecule has 22 heavy (non-hydrogen) atoms. The normalized spacial score (nSPS) is 11.2. The van der Waals surface area contributed by atoms with Gasteiger partial charge in [-0.05, 0) is 24.3 Å². The van der Waals surface area contributed by atoms with E-state index in [9.17, 15) is 22.0 Å².